The Bertz CT molecular complexity index is 522. The van der Waals surface area contributed by atoms with Crippen molar-refractivity contribution in [3.8, 4) is 0 Å². The van der Waals surface area contributed by atoms with Gasteiger partial charge in [-0.3, -0.25) is 4.79 Å². The smallest absolute Gasteiger partial charge is 0.314 e. The van der Waals surface area contributed by atoms with Crippen molar-refractivity contribution < 1.29 is 14.6 Å². The molecule has 1 aromatic rings. The van der Waals surface area contributed by atoms with Crippen molar-refractivity contribution in [3.05, 3.63) is 33.8 Å². The minimum absolute atomic E-state index is 0.0825. The molecule has 5 heteroatoms. The molecule has 1 heterocycles. The van der Waals surface area contributed by atoms with E-state index in [2.05, 4.69) is 0 Å². The molecule has 0 atom stereocenters. The van der Waals surface area contributed by atoms with Crippen LogP contribution in [0.2, 0.25) is 10.0 Å². The Kier molecular flexibility index (Phi) is 3.47. The van der Waals surface area contributed by atoms with E-state index in [1.165, 1.54) is 0 Å². The third-order valence-electron chi connectivity index (χ3n) is 4.76. The van der Waals surface area contributed by atoms with Gasteiger partial charge in [0, 0.05) is 28.8 Å². The number of ether oxygens (including phenoxy) is 1. The quantitative estimate of drug-likeness (QED) is 0.900. The fraction of sp³-hybridized carbons (Fsp3) is 0.533. The van der Waals surface area contributed by atoms with Gasteiger partial charge in [-0.25, -0.2) is 0 Å². The molecule has 1 aliphatic carbocycles. The summed E-state index contributed by atoms with van der Waals surface area (Å²) in [6, 6.07) is 5.16. The molecule has 1 saturated heterocycles. The zero-order valence-electron chi connectivity index (χ0n) is 11.0. The van der Waals surface area contributed by atoms with Gasteiger partial charge in [0.25, 0.3) is 0 Å². The summed E-state index contributed by atoms with van der Waals surface area (Å²) in [7, 11) is 0. The van der Waals surface area contributed by atoms with Crippen LogP contribution in [0.25, 0.3) is 0 Å². The molecule has 1 N–H and O–H groups in total. The second kappa shape index (κ2) is 4.90. The van der Waals surface area contributed by atoms with Crippen molar-refractivity contribution in [1.82, 2.24) is 0 Å². The van der Waals surface area contributed by atoms with Crippen LogP contribution in [0.15, 0.2) is 18.2 Å². The number of rotatable bonds is 2. The van der Waals surface area contributed by atoms with E-state index >= 15 is 0 Å². The first-order chi connectivity index (χ1) is 9.49. The van der Waals surface area contributed by atoms with Gasteiger partial charge in [0.15, 0.2) is 0 Å². The lowest BCUT2D eigenvalue weighted by Crippen LogP contribution is -2.56. The van der Waals surface area contributed by atoms with E-state index in [9.17, 15) is 9.90 Å². The fourth-order valence-electron chi connectivity index (χ4n) is 3.78. The van der Waals surface area contributed by atoms with Gasteiger partial charge in [0.2, 0.25) is 0 Å². The lowest BCUT2D eigenvalue weighted by Gasteiger charge is -2.56. The van der Waals surface area contributed by atoms with Crippen LogP contribution in [0, 0.1) is 5.41 Å². The molecule has 2 aliphatic rings. The molecule has 108 valence electrons. The summed E-state index contributed by atoms with van der Waals surface area (Å²) in [5, 5.41) is 10.6. The summed E-state index contributed by atoms with van der Waals surface area (Å²) in [5.74, 6) is -0.829. The minimum Gasteiger partial charge on any atom is -0.481 e. The molecular formula is C15H16Cl2O3. The van der Waals surface area contributed by atoms with Crippen molar-refractivity contribution >= 4 is 29.2 Å². The van der Waals surface area contributed by atoms with E-state index in [0.29, 0.717) is 41.7 Å². The molecule has 1 aliphatic heterocycles. The number of aliphatic carboxylic acids is 1. The lowest BCUT2D eigenvalue weighted by atomic mass is 9.48. The molecule has 0 aromatic heterocycles. The Labute approximate surface area is 127 Å². The first-order valence-corrected chi connectivity index (χ1v) is 7.50. The van der Waals surface area contributed by atoms with E-state index in [-0.39, 0.29) is 5.41 Å². The first kappa shape index (κ1) is 14.2. The fourth-order valence-corrected chi connectivity index (χ4v) is 4.54. The number of carboxylic acids is 1. The maximum Gasteiger partial charge on any atom is 0.314 e. The van der Waals surface area contributed by atoms with Crippen LogP contribution < -0.4 is 0 Å². The third kappa shape index (κ3) is 2.03. The van der Waals surface area contributed by atoms with Crippen molar-refractivity contribution in [2.24, 2.45) is 5.41 Å². The summed E-state index contributed by atoms with van der Waals surface area (Å²) in [6.45, 7) is 1.43. The Morgan fingerprint density at radius 2 is 1.70 bits per heavy atom. The predicted octanol–water partition coefficient (Wildman–Crippen LogP) is 3.91. The van der Waals surface area contributed by atoms with Crippen LogP contribution in [-0.4, -0.2) is 24.3 Å². The Morgan fingerprint density at radius 1 is 1.15 bits per heavy atom. The highest BCUT2D eigenvalue weighted by molar-refractivity contribution is 6.36. The van der Waals surface area contributed by atoms with Crippen molar-refractivity contribution in [3.63, 3.8) is 0 Å². The van der Waals surface area contributed by atoms with Crippen LogP contribution in [0.4, 0.5) is 0 Å². The van der Waals surface area contributed by atoms with E-state index in [4.69, 9.17) is 27.9 Å². The van der Waals surface area contributed by atoms with E-state index in [1.54, 1.807) is 18.2 Å². The van der Waals surface area contributed by atoms with Crippen LogP contribution >= 0.6 is 23.2 Å². The van der Waals surface area contributed by atoms with Gasteiger partial charge in [-0.05, 0) is 43.2 Å². The number of hydrogen-bond donors (Lipinski definition) is 1. The molecule has 2 fully saturated rings. The lowest BCUT2D eigenvalue weighted by molar-refractivity contribution is -0.160. The van der Waals surface area contributed by atoms with Gasteiger partial charge < -0.3 is 9.84 Å². The number of benzene rings is 1. The normalized spacial score (nSPS) is 23.3. The van der Waals surface area contributed by atoms with Crippen LogP contribution in [0.5, 0.6) is 0 Å². The minimum atomic E-state index is -0.938. The highest BCUT2D eigenvalue weighted by Gasteiger charge is 2.61. The summed E-state index contributed by atoms with van der Waals surface area (Å²) >= 11 is 12.5. The summed E-state index contributed by atoms with van der Waals surface area (Å²) < 4.78 is 5.38. The zero-order chi connectivity index (χ0) is 14.4. The van der Waals surface area contributed by atoms with Gasteiger partial charge in [0.1, 0.15) is 0 Å². The average Bonchev–Trinajstić information content (AvgIpc) is 2.37. The predicted molar refractivity (Wildman–Crippen MR) is 77.5 cm³/mol. The van der Waals surface area contributed by atoms with E-state index in [1.807, 2.05) is 0 Å². The van der Waals surface area contributed by atoms with Gasteiger partial charge in [-0.2, -0.15) is 0 Å². The van der Waals surface area contributed by atoms with Crippen LogP contribution in [0.3, 0.4) is 0 Å². The molecule has 3 rings (SSSR count). The number of carboxylic acid groups (broad SMARTS) is 1. The maximum atomic E-state index is 11.9. The molecular weight excluding hydrogens is 299 g/mol. The van der Waals surface area contributed by atoms with Crippen molar-refractivity contribution in [2.45, 2.75) is 31.1 Å². The maximum absolute atomic E-state index is 11.9. The van der Waals surface area contributed by atoms with Gasteiger partial charge in [-0.15, -0.1) is 0 Å². The van der Waals surface area contributed by atoms with Crippen LogP contribution in [0.1, 0.15) is 31.2 Å². The van der Waals surface area contributed by atoms with Crippen molar-refractivity contribution in [2.75, 3.05) is 13.2 Å². The molecule has 0 amide bonds. The molecule has 20 heavy (non-hydrogen) atoms. The molecule has 0 bridgehead atoms. The average molecular weight is 315 g/mol. The SMILES string of the molecule is O=C(O)C1(c2c(Cl)cccc2Cl)CC2(CCOCC2)C1. The third-order valence-corrected chi connectivity index (χ3v) is 5.39. The molecule has 3 nitrogen and oxygen atoms in total. The highest BCUT2D eigenvalue weighted by Crippen LogP contribution is 2.62. The molecule has 0 unspecified atom stereocenters. The summed E-state index contributed by atoms with van der Waals surface area (Å²) in [5.41, 5.74) is -0.278. The Morgan fingerprint density at radius 3 is 2.20 bits per heavy atom. The highest BCUT2D eigenvalue weighted by atomic mass is 35.5. The topological polar surface area (TPSA) is 46.5 Å². The van der Waals surface area contributed by atoms with Gasteiger partial charge >= 0.3 is 5.97 Å². The zero-order valence-corrected chi connectivity index (χ0v) is 12.5. The standard InChI is InChI=1S/C15H16Cl2O3/c16-10-2-1-3-11(17)12(10)15(13(18)19)8-14(9-15)4-6-20-7-5-14/h1-3H,4-9H2,(H,18,19). The molecule has 1 aromatic carbocycles. The molecule has 1 spiro atoms. The monoisotopic (exact) mass is 314 g/mol. The largest absolute Gasteiger partial charge is 0.481 e. The number of hydrogen-bond acceptors (Lipinski definition) is 2. The van der Waals surface area contributed by atoms with E-state index in [0.717, 1.165) is 12.8 Å². The second-order valence-electron chi connectivity index (χ2n) is 5.95. The Hall–Kier alpha value is -0.770. The van der Waals surface area contributed by atoms with Crippen LogP contribution in [-0.2, 0) is 14.9 Å². The number of carbonyl (C=O) groups is 1. The second-order valence-corrected chi connectivity index (χ2v) is 6.76. The van der Waals surface area contributed by atoms with Gasteiger partial charge in [0.05, 0.1) is 5.41 Å². The molecule has 0 radical (unpaired) electrons. The summed E-state index contributed by atoms with van der Waals surface area (Å²) in [4.78, 5) is 11.9. The van der Waals surface area contributed by atoms with Gasteiger partial charge in [-0.1, -0.05) is 29.3 Å². The molecule has 1 saturated carbocycles. The van der Waals surface area contributed by atoms with E-state index < -0.39 is 11.4 Å². The summed E-state index contributed by atoms with van der Waals surface area (Å²) in [6.07, 6.45) is 3.04. The van der Waals surface area contributed by atoms with Crippen molar-refractivity contribution in [1.29, 1.82) is 0 Å². The number of halogens is 2. The first-order valence-electron chi connectivity index (χ1n) is 6.75. The Balaban J connectivity index is 1.98.